The molecule has 0 bridgehead atoms. The quantitative estimate of drug-likeness (QED) is 0.666. The largest absolute Gasteiger partial charge is 0.489 e. The number of carbonyl (C=O) groups excluding carboxylic acids is 2. The van der Waals surface area contributed by atoms with Crippen LogP contribution in [0, 0.1) is 0 Å². The topological polar surface area (TPSA) is 73.3 Å². The monoisotopic (exact) mass is 441 g/mol. The highest BCUT2D eigenvalue weighted by molar-refractivity contribution is 7.11. The standard InChI is InChI=1S/C23H27N3O4S/c1-16(2)30-18-7-4-3-6-17(18)26-22(28)20(19-8-5-15-31-19)21(23(26)29)25-11-9-24(10-12-25)13-14-27/h3-8,15-16,27H,9-14H2,1-2H3. The van der Waals surface area contributed by atoms with Gasteiger partial charge in [-0.3, -0.25) is 14.5 Å². The first-order chi connectivity index (χ1) is 15.0. The molecule has 0 spiro atoms. The molecule has 31 heavy (non-hydrogen) atoms. The number of rotatable bonds is 7. The maximum absolute atomic E-state index is 13.7. The van der Waals surface area contributed by atoms with Gasteiger partial charge in [0.2, 0.25) is 0 Å². The predicted octanol–water partition coefficient (Wildman–Crippen LogP) is 2.43. The van der Waals surface area contributed by atoms with Crippen LogP contribution >= 0.6 is 11.3 Å². The molecule has 1 N–H and O–H groups in total. The summed E-state index contributed by atoms with van der Waals surface area (Å²) in [5, 5.41) is 11.1. The third-order valence-electron chi connectivity index (χ3n) is 5.40. The number of anilines is 1. The lowest BCUT2D eigenvalue weighted by atomic mass is 10.1. The van der Waals surface area contributed by atoms with E-state index in [0.717, 1.165) is 18.0 Å². The first-order valence-corrected chi connectivity index (χ1v) is 11.4. The third kappa shape index (κ3) is 4.23. The molecule has 4 rings (SSSR count). The van der Waals surface area contributed by atoms with Gasteiger partial charge in [0, 0.05) is 37.6 Å². The third-order valence-corrected chi connectivity index (χ3v) is 6.29. The van der Waals surface area contributed by atoms with Crippen molar-refractivity contribution in [3.05, 3.63) is 52.4 Å². The Morgan fingerprint density at radius 2 is 1.77 bits per heavy atom. The van der Waals surface area contributed by atoms with Crippen molar-refractivity contribution in [2.75, 3.05) is 44.2 Å². The summed E-state index contributed by atoms with van der Waals surface area (Å²) >= 11 is 1.46. The minimum atomic E-state index is -0.319. The summed E-state index contributed by atoms with van der Waals surface area (Å²) < 4.78 is 5.90. The van der Waals surface area contributed by atoms with E-state index in [4.69, 9.17) is 4.74 Å². The number of imide groups is 1. The molecule has 1 aromatic carbocycles. The number of hydrogen-bond donors (Lipinski definition) is 1. The van der Waals surface area contributed by atoms with Gasteiger partial charge >= 0.3 is 0 Å². The molecule has 0 saturated carbocycles. The molecule has 2 aliphatic heterocycles. The lowest BCUT2D eigenvalue weighted by Gasteiger charge is -2.36. The van der Waals surface area contributed by atoms with Gasteiger partial charge in [-0.05, 0) is 37.4 Å². The number of aliphatic hydroxyl groups excluding tert-OH is 1. The Kier molecular flexibility index (Phi) is 6.41. The number of hydrogen-bond acceptors (Lipinski definition) is 7. The van der Waals surface area contributed by atoms with Crippen molar-refractivity contribution in [1.29, 1.82) is 0 Å². The summed E-state index contributed by atoms with van der Waals surface area (Å²) in [6, 6.07) is 10.9. The van der Waals surface area contributed by atoms with E-state index in [1.54, 1.807) is 18.2 Å². The number of benzene rings is 1. The van der Waals surface area contributed by atoms with E-state index in [1.165, 1.54) is 16.2 Å². The molecule has 1 aromatic heterocycles. The summed E-state index contributed by atoms with van der Waals surface area (Å²) in [4.78, 5) is 33.5. The van der Waals surface area contributed by atoms with Crippen molar-refractivity contribution in [3.63, 3.8) is 0 Å². The molecular weight excluding hydrogens is 414 g/mol. The summed E-state index contributed by atoms with van der Waals surface area (Å²) in [6.07, 6.45) is -0.0854. The number of β-amino-alcohol motifs (C(OH)–C–C–N with tert-alkyl or cyclic N) is 1. The Morgan fingerprint density at radius 3 is 2.42 bits per heavy atom. The van der Waals surface area contributed by atoms with Crippen LogP contribution in [0.5, 0.6) is 5.75 Å². The summed E-state index contributed by atoms with van der Waals surface area (Å²) in [5.74, 6) is -0.123. The minimum Gasteiger partial charge on any atom is -0.489 e. The fraction of sp³-hybridized carbons (Fsp3) is 0.391. The fourth-order valence-corrected chi connectivity index (χ4v) is 4.77. The van der Waals surface area contributed by atoms with Gasteiger partial charge < -0.3 is 14.7 Å². The number of amides is 2. The van der Waals surface area contributed by atoms with Gasteiger partial charge in [-0.2, -0.15) is 0 Å². The average Bonchev–Trinajstić information content (AvgIpc) is 3.35. The van der Waals surface area contributed by atoms with Gasteiger partial charge in [-0.15, -0.1) is 11.3 Å². The Balaban J connectivity index is 1.71. The molecule has 0 unspecified atom stereocenters. The normalized spacial score (nSPS) is 17.9. The molecule has 1 saturated heterocycles. The van der Waals surface area contributed by atoms with Crippen LogP contribution in [0.3, 0.4) is 0 Å². The lowest BCUT2D eigenvalue weighted by Crippen LogP contribution is -2.48. The summed E-state index contributed by atoms with van der Waals surface area (Å²) in [5.41, 5.74) is 1.37. The first kappa shape index (κ1) is 21.5. The summed E-state index contributed by atoms with van der Waals surface area (Å²) in [6.45, 7) is 7.27. The molecule has 0 radical (unpaired) electrons. The number of ether oxygens (including phenoxy) is 1. The van der Waals surface area contributed by atoms with Gasteiger partial charge in [0.05, 0.1) is 24.0 Å². The van der Waals surface area contributed by atoms with Gasteiger partial charge in [0.25, 0.3) is 11.8 Å². The van der Waals surface area contributed by atoms with Crippen molar-refractivity contribution in [1.82, 2.24) is 9.80 Å². The number of aliphatic hydroxyl groups is 1. The molecule has 3 heterocycles. The zero-order chi connectivity index (χ0) is 22.0. The Labute approximate surface area is 186 Å². The maximum Gasteiger partial charge on any atom is 0.282 e. The van der Waals surface area contributed by atoms with Gasteiger partial charge in [-0.1, -0.05) is 18.2 Å². The zero-order valence-corrected chi connectivity index (χ0v) is 18.6. The Bertz CT molecular complexity index is 978. The highest BCUT2D eigenvalue weighted by Gasteiger charge is 2.44. The number of carbonyl (C=O) groups is 2. The van der Waals surface area contributed by atoms with Crippen LogP contribution in [0.1, 0.15) is 18.7 Å². The molecule has 2 amide bonds. The second-order valence-electron chi connectivity index (χ2n) is 7.83. The van der Waals surface area contributed by atoms with Crippen LogP contribution in [-0.2, 0) is 9.59 Å². The van der Waals surface area contributed by atoms with E-state index in [-0.39, 0.29) is 24.5 Å². The first-order valence-electron chi connectivity index (χ1n) is 10.5. The van der Waals surface area contributed by atoms with Crippen molar-refractivity contribution in [2.24, 2.45) is 0 Å². The molecule has 2 aromatic rings. The zero-order valence-electron chi connectivity index (χ0n) is 17.8. The van der Waals surface area contributed by atoms with Crippen molar-refractivity contribution < 1.29 is 19.4 Å². The number of nitrogens with zero attached hydrogens (tertiary/aromatic N) is 3. The average molecular weight is 442 g/mol. The summed E-state index contributed by atoms with van der Waals surface area (Å²) in [7, 11) is 0. The number of para-hydroxylation sites is 2. The second-order valence-corrected chi connectivity index (χ2v) is 8.78. The van der Waals surface area contributed by atoms with Crippen LogP contribution in [-0.4, -0.2) is 72.2 Å². The van der Waals surface area contributed by atoms with Gasteiger partial charge in [0.1, 0.15) is 11.4 Å². The maximum atomic E-state index is 13.7. The molecule has 8 heteroatoms. The molecule has 7 nitrogen and oxygen atoms in total. The fourth-order valence-electron chi connectivity index (χ4n) is 4.01. The van der Waals surface area contributed by atoms with Crippen molar-refractivity contribution in [2.45, 2.75) is 20.0 Å². The van der Waals surface area contributed by atoms with E-state index in [2.05, 4.69) is 4.90 Å². The Morgan fingerprint density at radius 1 is 1.03 bits per heavy atom. The second kappa shape index (κ2) is 9.21. The lowest BCUT2D eigenvalue weighted by molar-refractivity contribution is -0.120. The van der Waals surface area contributed by atoms with Gasteiger partial charge in [-0.25, -0.2) is 4.90 Å². The van der Waals surface area contributed by atoms with Crippen LogP contribution in [0.2, 0.25) is 0 Å². The van der Waals surface area contributed by atoms with Crippen LogP contribution in [0.4, 0.5) is 5.69 Å². The van der Waals surface area contributed by atoms with Crippen LogP contribution < -0.4 is 9.64 Å². The predicted molar refractivity (Wildman–Crippen MR) is 121 cm³/mol. The van der Waals surface area contributed by atoms with Crippen LogP contribution in [0.25, 0.3) is 5.57 Å². The molecule has 2 aliphatic rings. The van der Waals surface area contributed by atoms with E-state index in [0.29, 0.717) is 42.3 Å². The highest BCUT2D eigenvalue weighted by Crippen LogP contribution is 2.40. The van der Waals surface area contributed by atoms with E-state index in [9.17, 15) is 14.7 Å². The molecular formula is C23H27N3O4S. The Hall–Kier alpha value is -2.68. The molecule has 164 valence electrons. The van der Waals surface area contributed by atoms with E-state index < -0.39 is 0 Å². The van der Waals surface area contributed by atoms with E-state index in [1.807, 2.05) is 42.3 Å². The van der Waals surface area contributed by atoms with E-state index >= 15 is 0 Å². The molecule has 1 fully saturated rings. The highest BCUT2D eigenvalue weighted by atomic mass is 32.1. The smallest absolute Gasteiger partial charge is 0.282 e. The SMILES string of the molecule is CC(C)Oc1ccccc1N1C(=O)C(c2cccs2)=C(N2CCN(CCO)CC2)C1=O. The molecule has 0 aliphatic carbocycles. The number of thiophene rings is 1. The molecule has 0 atom stereocenters. The van der Waals surface area contributed by atoms with Gasteiger partial charge in [0.15, 0.2) is 0 Å². The number of piperazine rings is 1. The van der Waals surface area contributed by atoms with Crippen LogP contribution in [0.15, 0.2) is 47.5 Å². The minimum absolute atomic E-state index is 0.0854. The van der Waals surface area contributed by atoms with Crippen molar-refractivity contribution in [3.8, 4) is 5.75 Å². The van der Waals surface area contributed by atoms with Crippen molar-refractivity contribution >= 4 is 34.4 Å².